The Morgan fingerprint density at radius 2 is 0.458 bits per heavy atom. The second kappa shape index (κ2) is 27.3. The van der Waals surface area contributed by atoms with Crippen LogP contribution in [-0.2, 0) is 36.2 Å². The van der Waals surface area contributed by atoms with Crippen LogP contribution in [0.5, 0.6) is 0 Å². The van der Waals surface area contributed by atoms with Gasteiger partial charge in [0, 0.05) is 0 Å². The topological polar surface area (TPSA) is 0 Å². The van der Waals surface area contributed by atoms with E-state index in [-0.39, 0.29) is 14.9 Å². The minimum absolute atomic E-state index is 0. The Morgan fingerprint density at radius 3 is 0.708 bits per heavy atom. The maximum atomic E-state index is 3.06. The molecule has 0 N–H and O–H groups in total. The van der Waals surface area contributed by atoms with Crippen molar-refractivity contribution >= 4 is 115 Å². The van der Waals surface area contributed by atoms with Gasteiger partial charge in [-0.1, -0.05) is 315 Å². The molecule has 0 aliphatic rings. The summed E-state index contributed by atoms with van der Waals surface area (Å²) in [4.78, 5) is 0. The quantitative estimate of drug-likeness (QED) is 0.0727. The van der Waals surface area contributed by atoms with Crippen LogP contribution in [0.4, 0.5) is 0 Å². The maximum absolute atomic E-state index is 3.06. The number of hydrogen-bond acceptors (Lipinski definition) is 0. The molecule has 18 aromatic rings. The van der Waals surface area contributed by atoms with E-state index >= 15 is 0 Å². The van der Waals surface area contributed by atoms with Crippen LogP contribution in [-0.4, -0.2) is 6.88 Å². The number of rotatable bonds is 10. The van der Waals surface area contributed by atoms with Gasteiger partial charge < -0.3 is 14.9 Å². The van der Waals surface area contributed by atoms with Crippen molar-refractivity contribution in [3.63, 3.8) is 0 Å². The third kappa shape index (κ3) is 11.5. The Kier molecular flexibility index (Phi) is 18.0. The van der Waals surface area contributed by atoms with Gasteiger partial charge in [-0.05, 0) is 169 Å². The molecule has 0 saturated carbocycles. The van der Waals surface area contributed by atoms with Crippen LogP contribution in [0, 0.1) is 14.9 Å². The van der Waals surface area contributed by atoms with E-state index in [1.54, 1.807) is 0 Å². The Balaban J connectivity index is 0.000000158. The molecule has 2 atom stereocenters. The van der Waals surface area contributed by atoms with Gasteiger partial charge in [-0.2, -0.15) is 12.1 Å². The van der Waals surface area contributed by atoms with Crippen molar-refractivity contribution in [1.29, 1.82) is 0 Å². The first kappa shape index (κ1) is 63.3. The van der Waals surface area contributed by atoms with Crippen LogP contribution >= 0.6 is 0 Å². The minimum atomic E-state index is 0. The van der Waals surface area contributed by atoms with E-state index in [0.29, 0.717) is 11.8 Å². The van der Waals surface area contributed by atoms with Crippen LogP contribution in [0.1, 0.15) is 47.9 Å². The van der Waals surface area contributed by atoms with Crippen molar-refractivity contribution < 1.29 is 23.3 Å². The fourth-order valence-electron chi connectivity index (χ4n) is 15.5. The molecule has 18 aromatic carbocycles. The molecule has 0 fully saturated rings. The summed E-state index contributed by atoms with van der Waals surface area (Å²) in [7, 11) is 0. The molecule has 2 heteroatoms. The fraction of sp³-hybridized carbons (Fsp3) is 0.0638. The molecule has 0 heterocycles. The summed E-state index contributed by atoms with van der Waals surface area (Å²) in [6, 6.07) is 122. The van der Waals surface area contributed by atoms with E-state index < -0.39 is 0 Å². The van der Waals surface area contributed by atoms with E-state index in [0.717, 1.165) is 12.8 Å². The van der Waals surface area contributed by atoms with Gasteiger partial charge in [-0.25, -0.2) is 0 Å². The Morgan fingerprint density at radius 1 is 0.250 bits per heavy atom. The molecule has 460 valence electrons. The zero-order chi connectivity index (χ0) is 63.2. The van der Waals surface area contributed by atoms with Crippen LogP contribution in [0.3, 0.4) is 0 Å². The van der Waals surface area contributed by atoms with Crippen molar-refractivity contribution in [2.75, 3.05) is 0 Å². The molecule has 18 rings (SSSR count). The van der Waals surface area contributed by atoms with E-state index in [2.05, 4.69) is 348 Å². The molecule has 0 saturated heterocycles. The molecule has 0 aliphatic carbocycles. The SMILES string of the molecule is CC(Cc1cc2c(-c3c4ccccc4cc4ccccc34)ccc(-c3c4ccccc4cc4ccccc34)c2[cH-]1)c1ccccc1.CC(Cc1cc2c(-c3c4ccccc4cc4ccccc34)ccc(-c3c4ccccc4cc4ccccc34)c2[cH-]1)c1ccccc1.[CH3-].[CH3-].[Si]=[Zr]. The summed E-state index contributed by atoms with van der Waals surface area (Å²) in [5.41, 5.74) is 16.0. The summed E-state index contributed by atoms with van der Waals surface area (Å²) in [5.74, 6) is 0.836. The molecule has 2 radical (unpaired) electrons. The van der Waals surface area contributed by atoms with Gasteiger partial charge in [0.05, 0.1) is 0 Å². The molecule has 0 spiro atoms. The van der Waals surface area contributed by atoms with Gasteiger partial charge in [-0.15, -0.1) is 44.8 Å². The van der Waals surface area contributed by atoms with Gasteiger partial charge in [-0.3, -0.25) is 0 Å². The monoisotopic (exact) mass is 1320 g/mol. The third-order valence-corrected chi connectivity index (χ3v) is 19.9. The molecule has 96 heavy (non-hydrogen) atoms. The molecule has 0 aliphatic heterocycles. The summed E-state index contributed by atoms with van der Waals surface area (Å²) < 4.78 is 0. The zero-order valence-corrected chi connectivity index (χ0v) is 58.2. The van der Waals surface area contributed by atoms with Crippen LogP contribution in [0.2, 0.25) is 0 Å². The van der Waals surface area contributed by atoms with Gasteiger partial charge in [0.2, 0.25) is 0 Å². The summed E-state index contributed by atoms with van der Waals surface area (Å²) >= 11 is 1.36. The van der Waals surface area contributed by atoms with Crippen molar-refractivity contribution in [2.45, 2.75) is 38.5 Å². The van der Waals surface area contributed by atoms with Gasteiger partial charge in [0.1, 0.15) is 0 Å². The number of fused-ring (bicyclic) bond motifs is 10. The van der Waals surface area contributed by atoms with Crippen LogP contribution < -0.4 is 0 Å². The molecule has 0 amide bonds. The van der Waals surface area contributed by atoms with Gasteiger partial charge in [0.15, 0.2) is 0 Å². The van der Waals surface area contributed by atoms with Crippen LogP contribution in [0.15, 0.2) is 328 Å². The zero-order valence-electron chi connectivity index (χ0n) is 54.7. The second-order valence-corrected chi connectivity index (χ2v) is 25.5. The summed E-state index contributed by atoms with van der Waals surface area (Å²) in [5, 5.41) is 25.9. The average molecular weight is 1320 g/mol. The standard InChI is InChI=1S/2C46H33.2CH3.Si.Zr/c2*1-30(32-13-3-2-4-14-32)25-31-26-43-41(45-37-19-9-5-15-33(37)28-34-16-6-10-20-38(34)45)23-24-42(44(43)27-31)46-39-21-11-7-17-35(39)29-36-18-8-12-22-40(36)46;;;;/h2*2-24,26-30H,25H2,1H3;2*1H3;;/q4*-1;;. The second-order valence-electron chi connectivity index (χ2n) is 25.5. The first-order chi connectivity index (χ1) is 46.5. The molecular weight excluding hydrogens is 1250 g/mol. The molecular formula is C94H72SiZr-4. The Bertz CT molecular complexity index is 5000. The van der Waals surface area contributed by atoms with E-state index in [1.165, 1.54) is 198 Å². The predicted molar refractivity (Wildman–Crippen MR) is 417 cm³/mol. The fourth-order valence-corrected chi connectivity index (χ4v) is 15.5. The Labute approximate surface area is 581 Å². The van der Waals surface area contributed by atoms with Crippen molar-refractivity contribution in [1.82, 2.24) is 0 Å². The van der Waals surface area contributed by atoms with Gasteiger partial charge in [0.25, 0.3) is 0 Å². The molecule has 2 unspecified atom stereocenters. The first-order valence-corrected chi connectivity index (χ1v) is 37.1. The summed E-state index contributed by atoms with van der Waals surface area (Å²) in [6.07, 6.45) is 1.98. The van der Waals surface area contributed by atoms with E-state index in [9.17, 15) is 0 Å². The van der Waals surface area contributed by atoms with Crippen molar-refractivity contribution in [2.24, 2.45) is 0 Å². The van der Waals surface area contributed by atoms with Crippen LogP contribution in [0.25, 0.3) is 152 Å². The van der Waals surface area contributed by atoms with E-state index in [4.69, 9.17) is 0 Å². The van der Waals surface area contributed by atoms with Gasteiger partial charge >= 0.3 is 30.2 Å². The molecule has 0 aromatic heterocycles. The predicted octanol–water partition coefficient (Wildman–Crippen LogP) is 26.2. The summed E-state index contributed by atoms with van der Waals surface area (Å²) in [6.45, 7) is 7.77. The van der Waals surface area contributed by atoms with Crippen molar-refractivity contribution in [3.8, 4) is 44.5 Å². The average Bonchev–Trinajstić information content (AvgIpc) is 1.23. The van der Waals surface area contributed by atoms with E-state index in [1.807, 2.05) is 0 Å². The molecule has 0 nitrogen and oxygen atoms in total. The normalized spacial score (nSPS) is 12.0. The third-order valence-electron chi connectivity index (χ3n) is 19.9. The number of hydrogen-bond donors (Lipinski definition) is 0. The van der Waals surface area contributed by atoms with Crippen molar-refractivity contribution in [3.05, 3.63) is 365 Å². The number of benzene rings is 16. The first-order valence-electron chi connectivity index (χ1n) is 32.9. The Hall–Kier alpha value is -10.1. The molecule has 0 bridgehead atoms.